The van der Waals surface area contributed by atoms with E-state index in [1.165, 1.54) is 6.07 Å². The molecule has 168 valence electrons. The molecule has 0 bridgehead atoms. The van der Waals surface area contributed by atoms with E-state index in [0.29, 0.717) is 11.5 Å². The van der Waals surface area contributed by atoms with Crippen molar-refractivity contribution in [3.05, 3.63) is 34.9 Å². The molecule has 4 rings (SSSR count). The summed E-state index contributed by atoms with van der Waals surface area (Å²) in [6.45, 7) is 3.88. The minimum Gasteiger partial charge on any atom is -0.507 e. The molecule has 1 aromatic carbocycles. The second kappa shape index (κ2) is 8.63. The van der Waals surface area contributed by atoms with Crippen molar-refractivity contribution < 1.29 is 23.4 Å². The third kappa shape index (κ3) is 4.48. The molecule has 2 aromatic rings. The Morgan fingerprint density at radius 1 is 1.19 bits per heavy atom. The molecule has 1 aromatic heterocycles. The van der Waals surface area contributed by atoms with Crippen LogP contribution in [0.15, 0.2) is 18.2 Å². The van der Waals surface area contributed by atoms with Crippen LogP contribution in [0.4, 0.5) is 19.0 Å². The van der Waals surface area contributed by atoms with Gasteiger partial charge in [0.2, 0.25) is 0 Å². The summed E-state index contributed by atoms with van der Waals surface area (Å²) < 4.78 is 38.8. The number of alkyl halides is 3. The van der Waals surface area contributed by atoms with E-state index in [4.69, 9.17) is 0 Å². The Bertz CT molecular complexity index is 951. The smallest absolute Gasteiger partial charge is 0.416 e. The largest absolute Gasteiger partial charge is 0.507 e. The standard InChI is InChI=1S/C22H27F3N4O2/c1-13(12-30)29-9-3-4-15(11-29)26-21-17-6-2-5-16(17)20(27-28-21)18-8-7-14(10-19(18)31)22(23,24)25/h7-8,10,13,15,30-31H,2-6,9,11-12H2,1H3,(H,26,28)/t13?,15-/m1/s1. The monoisotopic (exact) mass is 436 g/mol. The second-order valence-electron chi connectivity index (χ2n) is 8.45. The summed E-state index contributed by atoms with van der Waals surface area (Å²) >= 11 is 0. The molecule has 2 aliphatic rings. The molecule has 1 fully saturated rings. The predicted molar refractivity (Wildman–Crippen MR) is 111 cm³/mol. The number of phenols is 1. The molecular weight excluding hydrogens is 409 g/mol. The maximum Gasteiger partial charge on any atom is 0.416 e. The number of likely N-dealkylation sites (tertiary alicyclic amines) is 1. The number of nitrogens with one attached hydrogen (secondary N) is 1. The van der Waals surface area contributed by atoms with Gasteiger partial charge in [0, 0.05) is 29.8 Å². The number of aromatic hydroxyl groups is 1. The average Bonchev–Trinajstić information content (AvgIpc) is 3.24. The number of rotatable bonds is 5. The van der Waals surface area contributed by atoms with Crippen LogP contribution in [0, 0.1) is 0 Å². The molecule has 1 saturated heterocycles. The lowest BCUT2D eigenvalue weighted by Gasteiger charge is -2.36. The Balaban J connectivity index is 1.60. The number of nitrogens with zero attached hydrogens (tertiary/aromatic N) is 3. The number of phenolic OH excluding ortho intramolecular Hbond substituents is 1. The number of hydrogen-bond donors (Lipinski definition) is 3. The lowest BCUT2D eigenvalue weighted by atomic mass is 10.00. The third-order valence-corrected chi connectivity index (χ3v) is 6.30. The molecule has 0 radical (unpaired) electrons. The Morgan fingerprint density at radius 2 is 1.97 bits per heavy atom. The highest BCUT2D eigenvalue weighted by Crippen LogP contribution is 2.40. The molecule has 6 nitrogen and oxygen atoms in total. The van der Waals surface area contributed by atoms with Crippen LogP contribution in [0.1, 0.15) is 42.9 Å². The van der Waals surface area contributed by atoms with Crippen molar-refractivity contribution in [2.45, 2.75) is 57.3 Å². The van der Waals surface area contributed by atoms with E-state index < -0.39 is 17.5 Å². The van der Waals surface area contributed by atoms with Crippen molar-refractivity contribution >= 4 is 5.82 Å². The van der Waals surface area contributed by atoms with E-state index >= 15 is 0 Å². The number of aromatic nitrogens is 2. The highest BCUT2D eigenvalue weighted by Gasteiger charge is 2.32. The van der Waals surface area contributed by atoms with Gasteiger partial charge in [-0.2, -0.15) is 13.2 Å². The van der Waals surface area contributed by atoms with Gasteiger partial charge in [0.1, 0.15) is 11.4 Å². The summed E-state index contributed by atoms with van der Waals surface area (Å²) in [5, 5.41) is 31.9. The van der Waals surface area contributed by atoms with Gasteiger partial charge in [-0.15, -0.1) is 10.2 Å². The van der Waals surface area contributed by atoms with Gasteiger partial charge in [-0.25, -0.2) is 0 Å². The van der Waals surface area contributed by atoms with Gasteiger partial charge in [-0.05, 0) is 69.3 Å². The fourth-order valence-corrected chi connectivity index (χ4v) is 4.56. The Labute approximate surface area is 179 Å². The summed E-state index contributed by atoms with van der Waals surface area (Å²) in [6, 6.07) is 3.26. The van der Waals surface area contributed by atoms with Crippen LogP contribution in [0.25, 0.3) is 11.3 Å². The van der Waals surface area contributed by atoms with Crippen LogP contribution >= 0.6 is 0 Å². The number of anilines is 1. The molecule has 0 amide bonds. The first-order valence-electron chi connectivity index (χ1n) is 10.7. The molecule has 0 saturated carbocycles. The van der Waals surface area contributed by atoms with Crippen molar-refractivity contribution in [1.82, 2.24) is 15.1 Å². The van der Waals surface area contributed by atoms with Crippen LogP contribution in [0.5, 0.6) is 5.75 Å². The van der Waals surface area contributed by atoms with Gasteiger partial charge in [0.25, 0.3) is 0 Å². The number of halogens is 3. The minimum atomic E-state index is -4.52. The summed E-state index contributed by atoms with van der Waals surface area (Å²) in [5.74, 6) is 0.269. The lowest BCUT2D eigenvalue weighted by Crippen LogP contribution is -2.47. The van der Waals surface area contributed by atoms with E-state index in [0.717, 1.165) is 68.5 Å². The lowest BCUT2D eigenvalue weighted by molar-refractivity contribution is -0.137. The quantitative estimate of drug-likeness (QED) is 0.664. The molecule has 1 aliphatic carbocycles. The number of hydrogen-bond acceptors (Lipinski definition) is 6. The van der Waals surface area contributed by atoms with Gasteiger partial charge >= 0.3 is 6.18 Å². The number of aliphatic hydroxyl groups is 1. The zero-order valence-corrected chi connectivity index (χ0v) is 17.4. The Hall–Kier alpha value is -2.39. The molecule has 9 heteroatoms. The number of benzene rings is 1. The van der Waals surface area contributed by atoms with E-state index in [-0.39, 0.29) is 24.3 Å². The van der Waals surface area contributed by atoms with Gasteiger partial charge < -0.3 is 15.5 Å². The van der Waals surface area contributed by atoms with Crippen molar-refractivity contribution in [1.29, 1.82) is 0 Å². The first-order valence-corrected chi connectivity index (χ1v) is 10.7. The predicted octanol–water partition coefficient (Wildman–Crippen LogP) is 3.61. The van der Waals surface area contributed by atoms with E-state index in [1.54, 1.807) is 0 Å². The zero-order chi connectivity index (χ0) is 22.2. The Morgan fingerprint density at radius 3 is 2.68 bits per heavy atom. The summed E-state index contributed by atoms with van der Waals surface area (Å²) in [6.07, 6.45) is -0.0383. The van der Waals surface area contributed by atoms with E-state index in [9.17, 15) is 23.4 Å². The fraction of sp³-hybridized carbons (Fsp3) is 0.545. The van der Waals surface area contributed by atoms with Gasteiger partial charge in [0.05, 0.1) is 12.2 Å². The third-order valence-electron chi connectivity index (χ3n) is 6.30. The molecule has 1 aliphatic heterocycles. The normalized spacial score (nSPS) is 20.5. The number of aliphatic hydroxyl groups excluding tert-OH is 1. The summed E-state index contributed by atoms with van der Waals surface area (Å²) in [5.41, 5.74) is 1.78. The minimum absolute atomic E-state index is 0.103. The second-order valence-corrected chi connectivity index (χ2v) is 8.45. The topological polar surface area (TPSA) is 81.5 Å². The van der Waals surface area contributed by atoms with Crippen molar-refractivity contribution in [3.8, 4) is 17.0 Å². The molecule has 31 heavy (non-hydrogen) atoms. The van der Waals surface area contributed by atoms with Crippen LogP contribution < -0.4 is 5.32 Å². The van der Waals surface area contributed by atoms with E-state index in [1.807, 2.05) is 6.92 Å². The van der Waals surface area contributed by atoms with Crippen LogP contribution in [-0.2, 0) is 19.0 Å². The molecule has 2 atom stereocenters. The molecule has 1 unspecified atom stereocenters. The van der Waals surface area contributed by atoms with Gasteiger partial charge in [-0.3, -0.25) is 4.90 Å². The van der Waals surface area contributed by atoms with Crippen molar-refractivity contribution in [2.75, 3.05) is 25.0 Å². The zero-order valence-electron chi connectivity index (χ0n) is 17.4. The molecule has 3 N–H and O–H groups in total. The first kappa shape index (κ1) is 21.8. The van der Waals surface area contributed by atoms with E-state index in [2.05, 4.69) is 20.4 Å². The summed E-state index contributed by atoms with van der Waals surface area (Å²) in [4.78, 5) is 2.25. The van der Waals surface area contributed by atoms with Crippen LogP contribution in [-0.4, -0.2) is 57.1 Å². The first-order chi connectivity index (χ1) is 14.8. The average molecular weight is 436 g/mol. The molecule has 2 heterocycles. The molecule has 0 spiro atoms. The number of fused-ring (bicyclic) bond motifs is 1. The SMILES string of the molecule is CC(CO)N1CCC[C@@H](Nc2nnc(-c3ccc(C(F)(F)F)cc3O)c3c2CCC3)C1. The van der Waals surface area contributed by atoms with Crippen LogP contribution in [0.2, 0.25) is 0 Å². The molecular formula is C22H27F3N4O2. The van der Waals surface area contributed by atoms with Crippen molar-refractivity contribution in [3.63, 3.8) is 0 Å². The maximum absolute atomic E-state index is 12.9. The van der Waals surface area contributed by atoms with Gasteiger partial charge in [-0.1, -0.05) is 0 Å². The van der Waals surface area contributed by atoms with Crippen LogP contribution in [0.3, 0.4) is 0 Å². The Kier molecular flexibility index (Phi) is 6.07. The highest BCUT2D eigenvalue weighted by molar-refractivity contribution is 5.73. The number of piperidine rings is 1. The maximum atomic E-state index is 12.9. The van der Waals surface area contributed by atoms with Crippen molar-refractivity contribution in [2.24, 2.45) is 0 Å². The highest BCUT2D eigenvalue weighted by atomic mass is 19.4. The summed E-state index contributed by atoms with van der Waals surface area (Å²) in [7, 11) is 0. The fourth-order valence-electron chi connectivity index (χ4n) is 4.56. The van der Waals surface area contributed by atoms with Gasteiger partial charge in [0.15, 0.2) is 5.82 Å².